The number of rotatable bonds is 40. The van der Waals surface area contributed by atoms with E-state index in [1.807, 2.05) is 12.2 Å². The molecule has 0 aliphatic carbocycles. The minimum absolute atomic E-state index is 0.0373. The van der Waals surface area contributed by atoms with Gasteiger partial charge in [-0.25, -0.2) is 4.57 Å². The predicted octanol–water partition coefficient (Wildman–Crippen LogP) is 13.1. The number of hydrogen-bond donors (Lipinski definition) is 3. The number of unbranched alkanes of at least 4 members (excludes halogenated alkanes) is 6. The zero-order valence-electron chi connectivity index (χ0n) is 37.5. The molecule has 0 rings (SSSR count). The Morgan fingerprint density at radius 3 is 1.43 bits per heavy atom. The second-order valence-corrected chi connectivity index (χ2v) is 15.8. The Morgan fingerprint density at radius 1 is 0.541 bits per heavy atom. The number of phosphoric ester groups is 1. The maximum atomic E-state index is 12.1. The minimum atomic E-state index is -4.46. The number of nitrogens with one attached hydrogen (secondary N) is 1. The lowest BCUT2D eigenvalue weighted by molar-refractivity contribution is -0.146. The molecular weight excluding hydrogens is 786 g/mol. The SMILES string of the molecule is CC/C=C\C/C=C\C/C=C\C/C=C\C/C=C\C/C=C\C/C=C\CC(=O)OCC(O)COP(=O)(O)OCCNC(=O)CCCCC/C=C\C/C=C\C/C=C\C/C=C\CCCCC. The fourth-order valence-electron chi connectivity index (χ4n) is 5.21. The molecule has 61 heavy (non-hydrogen) atoms. The Kier molecular flexibility index (Phi) is 42.8. The van der Waals surface area contributed by atoms with Gasteiger partial charge >= 0.3 is 13.8 Å². The van der Waals surface area contributed by atoms with Crippen molar-refractivity contribution in [2.45, 2.75) is 148 Å². The molecule has 2 unspecified atom stereocenters. The van der Waals surface area contributed by atoms with Gasteiger partial charge in [-0.2, -0.15) is 0 Å². The summed E-state index contributed by atoms with van der Waals surface area (Å²) in [5.41, 5.74) is 0. The van der Waals surface area contributed by atoms with Gasteiger partial charge in [0, 0.05) is 13.0 Å². The van der Waals surface area contributed by atoms with Crippen LogP contribution in [0.4, 0.5) is 0 Å². The first-order chi connectivity index (χ1) is 29.8. The summed E-state index contributed by atoms with van der Waals surface area (Å²) in [6, 6.07) is 0. The molecule has 0 bridgehead atoms. The highest BCUT2D eigenvalue weighted by Crippen LogP contribution is 2.42. The van der Waals surface area contributed by atoms with Crippen molar-refractivity contribution in [3.8, 4) is 0 Å². The van der Waals surface area contributed by atoms with Gasteiger partial charge in [0.2, 0.25) is 5.91 Å². The first kappa shape index (κ1) is 57.1. The largest absolute Gasteiger partial charge is 0.472 e. The second kappa shape index (κ2) is 45.7. The summed E-state index contributed by atoms with van der Waals surface area (Å²) in [7, 11) is -4.46. The fraction of sp³-hybridized carbons (Fsp3) is 0.529. The van der Waals surface area contributed by atoms with Crippen molar-refractivity contribution < 1.29 is 37.9 Å². The number of aliphatic hydroxyl groups is 1. The third-order valence-electron chi connectivity index (χ3n) is 8.60. The van der Waals surface area contributed by atoms with Crippen molar-refractivity contribution in [3.05, 3.63) is 134 Å². The van der Waals surface area contributed by atoms with Crippen LogP contribution in [0.3, 0.4) is 0 Å². The fourth-order valence-corrected chi connectivity index (χ4v) is 5.97. The van der Waals surface area contributed by atoms with E-state index in [1.165, 1.54) is 25.7 Å². The standard InChI is InChI=1S/C51H80NO8P/c1-3-5-7-9-11-13-15-17-19-21-23-24-26-28-30-32-34-36-38-40-42-44-51(55)58-47-49(53)48-60-61(56,57)59-46-45-52-50(54)43-41-39-37-35-33-31-29-27-25-22-20-18-16-14-12-10-8-6-4-2/h5,7,11-14,17-20,23-25,27-28,30-31,33-34,36,40,42,49,53H,3-4,6,8-10,15-16,21-22,26,29,32,35,37-39,41,43-48H2,1-2H3,(H,52,54)(H,56,57)/b7-5-,13-11-,14-12-,19-17-,20-18-,24-23-,27-25-,30-28-,33-31-,36-34-,42-40-. The molecule has 0 aromatic rings. The first-order valence-electron chi connectivity index (χ1n) is 22.7. The zero-order valence-corrected chi connectivity index (χ0v) is 38.4. The van der Waals surface area contributed by atoms with Gasteiger partial charge in [0.25, 0.3) is 0 Å². The van der Waals surface area contributed by atoms with E-state index < -0.39 is 26.5 Å². The van der Waals surface area contributed by atoms with Crippen LogP contribution in [0.25, 0.3) is 0 Å². The van der Waals surface area contributed by atoms with E-state index >= 15 is 0 Å². The number of aliphatic hydroxyl groups excluding tert-OH is 1. The molecule has 0 aliphatic heterocycles. The molecule has 3 N–H and O–H groups in total. The van der Waals surface area contributed by atoms with Crippen LogP contribution in [0.1, 0.15) is 142 Å². The van der Waals surface area contributed by atoms with Crippen LogP contribution in [0, 0.1) is 0 Å². The number of esters is 1. The smallest absolute Gasteiger partial charge is 0.463 e. The summed E-state index contributed by atoms with van der Waals surface area (Å²) < 4.78 is 26.8. The molecule has 0 aromatic carbocycles. The quantitative estimate of drug-likeness (QED) is 0.0240. The molecule has 0 aliphatic rings. The van der Waals surface area contributed by atoms with Crippen LogP contribution in [-0.2, 0) is 27.9 Å². The molecule has 342 valence electrons. The summed E-state index contributed by atoms with van der Waals surface area (Å²) in [6.07, 6.45) is 64.1. The molecule has 0 spiro atoms. The van der Waals surface area contributed by atoms with Crippen molar-refractivity contribution in [2.24, 2.45) is 0 Å². The van der Waals surface area contributed by atoms with Crippen molar-refractivity contribution >= 4 is 19.7 Å². The molecule has 0 aromatic heterocycles. The van der Waals surface area contributed by atoms with E-state index in [9.17, 15) is 24.2 Å². The first-order valence-corrected chi connectivity index (χ1v) is 24.2. The Morgan fingerprint density at radius 2 is 0.967 bits per heavy atom. The molecule has 0 heterocycles. The summed E-state index contributed by atoms with van der Waals surface area (Å²) in [5, 5.41) is 12.7. The summed E-state index contributed by atoms with van der Waals surface area (Å²) >= 11 is 0. The van der Waals surface area contributed by atoms with E-state index in [0.717, 1.165) is 83.5 Å². The Balaban J connectivity index is 3.81. The molecule has 0 saturated carbocycles. The van der Waals surface area contributed by atoms with E-state index in [0.29, 0.717) is 12.8 Å². The Hall–Kier alpha value is -3.85. The van der Waals surface area contributed by atoms with Gasteiger partial charge in [-0.05, 0) is 96.3 Å². The molecule has 0 radical (unpaired) electrons. The van der Waals surface area contributed by atoms with Crippen molar-refractivity contribution in [1.82, 2.24) is 5.32 Å². The van der Waals surface area contributed by atoms with Crippen LogP contribution in [0.5, 0.6) is 0 Å². The van der Waals surface area contributed by atoms with Gasteiger partial charge < -0.3 is 20.1 Å². The van der Waals surface area contributed by atoms with Crippen LogP contribution in [-0.4, -0.2) is 54.3 Å². The third-order valence-corrected chi connectivity index (χ3v) is 9.58. The van der Waals surface area contributed by atoms with E-state index in [1.54, 1.807) is 6.08 Å². The highest BCUT2D eigenvalue weighted by atomic mass is 31.2. The van der Waals surface area contributed by atoms with Crippen LogP contribution < -0.4 is 5.32 Å². The number of phosphoric acid groups is 1. The topological polar surface area (TPSA) is 131 Å². The lowest BCUT2D eigenvalue weighted by Crippen LogP contribution is -2.27. The van der Waals surface area contributed by atoms with Crippen LogP contribution in [0.15, 0.2) is 134 Å². The van der Waals surface area contributed by atoms with E-state index in [-0.39, 0.29) is 32.1 Å². The van der Waals surface area contributed by atoms with Crippen molar-refractivity contribution in [1.29, 1.82) is 0 Å². The minimum Gasteiger partial charge on any atom is -0.463 e. The molecular formula is C51H80NO8P. The second-order valence-electron chi connectivity index (χ2n) is 14.3. The van der Waals surface area contributed by atoms with Gasteiger partial charge in [0.05, 0.1) is 19.6 Å². The average molecular weight is 866 g/mol. The van der Waals surface area contributed by atoms with Crippen LogP contribution in [0.2, 0.25) is 0 Å². The maximum Gasteiger partial charge on any atom is 0.472 e. The number of carbonyl (C=O) groups is 2. The highest BCUT2D eigenvalue weighted by Gasteiger charge is 2.23. The number of amides is 1. The molecule has 0 fully saturated rings. The number of hydrogen-bond acceptors (Lipinski definition) is 7. The lowest BCUT2D eigenvalue weighted by atomic mass is 10.1. The van der Waals surface area contributed by atoms with E-state index in [4.69, 9.17) is 13.8 Å². The zero-order chi connectivity index (χ0) is 44.6. The number of allylic oxidation sites excluding steroid dienone is 21. The number of carbonyl (C=O) groups excluding carboxylic acids is 2. The van der Waals surface area contributed by atoms with Crippen molar-refractivity contribution in [3.63, 3.8) is 0 Å². The monoisotopic (exact) mass is 866 g/mol. The van der Waals surface area contributed by atoms with Gasteiger partial charge in [-0.3, -0.25) is 18.6 Å². The normalized spacial score (nSPS) is 14.5. The lowest BCUT2D eigenvalue weighted by Gasteiger charge is -2.15. The molecule has 1 amide bonds. The molecule has 2 atom stereocenters. The Bertz CT molecular complexity index is 1450. The summed E-state index contributed by atoms with van der Waals surface area (Å²) in [4.78, 5) is 33.9. The summed E-state index contributed by atoms with van der Waals surface area (Å²) in [5.74, 6) is -0.695. The maximum absolute atomic E-state index is 12.1. The van der Waals surface area contributed by atoms with Gasteiger partial charge in [0.1, 0.15) is 12.7 Å². The van der Waals surface area contributed by atoms with Gasteiger partial charge in [-0.15, -0.1) is 0 Å². The van der Waals surface area contributed by atoms with Crippen LogP contribution >= 0.6 is 7.82 Å². The highest BCUT2D eigenvalue weighted by molar-refractivity contribution is 7.47. The average Bonchev–Trinajstić information content (AvgIpc) is 3.25. The van der Waals surface area contributed by atoms with E-state index in [2.05, 4.69) is 135 Å². The van der Waals surface area contributed by atoms with Gasteiger partial charge in [0.15, 0.2) is 0 Å². The van der Waals surface area contributed by atoms with Gasteiger partial charge in [-0.1, -0.05) is 167 Å². The Labute approximate surface area is 370 Å². The van der Waals surface area contributed by atoms with Crippen molar-refractivity contribution in [2.75, 3.05) is 26.4 Å². The summed E-state index contributed by atoms with van der Waals surface area (Å²) in [6.45, 7) is 3.22. The number of ether oxygens (including phenoxy) is 1. The third kappa shape index (κ3) is 47.1. The molecule has 0 saturated heterocycles. The predicted molar refractivity (Wildman–Crippen MR) is 256 cm³/mol. The molecule has 10 heteroatoms. The molecule has 9 nitrogen and oxygen atoms in total.